The Morgan fingerprint density at radius 1 is 1.15 bits per heavy atom. The van der Waals surface area contributed by atoms with Crippen LogP contribution in [0.3, 0.4) is 0 Å². The van der Waals surface area contributed by atoms with Crippen molar-refractivity contribution < 1.29 is 9.18 Å². The standard InChI is InChI=1S/C22H20FN3O/c1-2-13-3-5-14(6-4-13)19-18(23)15(7-10-24-19)17-11-16-20(26-17)22(8-9-22)12-25-21(16)27/h3-7,10-11,26H,2,8-9,12H2,1H3,(H,25,27). The number of fused-ring (bicyclic) bond motifs is 2. The molecular formula is C22H20FN3O. The van der Waals surface area contributed by atoms with Gasteiger partial charge in [0, 0.05) is 40.7 Å². The van der Waals surface area contributed by atoms with Crippen molar-refractivity contribution in [2.45, 2.75) is 31.6 Å². The number of carbonyl (C=O) groups excluding carboxylic acids is 1. The van der Waals surface area contributed by atoms with Crippen LogP contribution in [0.2, 0.25) is 0 Å². The molecule has 27 heavy (non-hydrogen) atoms. The molecular weight excluding hydrogens is 341 g/mol. The molecule has 1 spiro atoms. The number of benzene rings is 1. The summed E-state index contributed by atoms with van der Waals surface area (Å²) in [5.41, 5.74) is 4.96. The van der Waals surface area contributed by atoms with Gasteiger partial charge in [0.2, 0.25) is 0 Å². The van der Waals surface area contributed by atoms with E-state index in [1.807, 2.05) is 24.3 Å². The van der Waals surface area contributed by atoms with Crippen LogP contribution in [0.15, 0.2) is 42.6 Å². The Hall–Kier alpha value is -2.95. The van der Waals surface area contributed by atoms with Crippen LogP contribution in [-0.2, 0) is 11.8 Å². The summed E-state index contributed by atoms with van der Waals surface area (Å²) in [4.78, 5) is 19.8. The Balaban J connectivity index is 1.60. The second-order valence-electron chi connectivity index (χ2n) is 7.51. The van der Waals surface area contributed by atoms with E-state index < -0.39 is 0 Å². The van der Waals surface area contributed by atoms with Crippen LogP contribution in [0.1, 0.15) is 41.4 Å². The first-order valence-electron chi connectivity index (χ1n) is 9.37. The fraction of sp³-hybridized carbons (Fsp3) is 0.273. The fourth-order valence-corrected chi connectivity index (χ4v) is 3.96. The maximum absolute atomic E-state index is 15.3. The van der Waals surface area contributed by atoms with Crippen LogP contribution < -0.4 is 5.32 Å². The molecule has 1 aliphatic carbocycles. The minimum absolute atomic E-state index is 0.0177. The van der Waals surface area contributed by atoms with E-state index in [-0.39, 0.29) is 17.1 Å². The van der Waals surface area contributed by atoms with Crippen molar-refractivity contribution in [1.29, 1.82) is 0 Å². The van der Waals surface area contributed by atoms with Gasteiger partial charge in [0.1, 0.15) is 5.69 Å². The van der Waals surface area contributed by atoms with Gasteiger partial charge in [-0.2, -0.15) is 0 Å². The topological polar surface area (TPSA) is 57.8 Å². The maximum Gasteiger partial charge on any atom is 0.253 e. The average molecular weight is 361 g/mol. The lowest BCUT2D eigenvalue weighted by molar-refractivity contribution is 0.0937. The third-order valence-electron chi connectivity index (χ3n) is 5.85. The molecule has 0 unspecified atom stereocenters. The van der Waals surface area contributed by atoms with Gasteiger partial charge < -0.3 is 10.3 Å². The first kappa shape index (κ1) is 16.2. The van der Waals surface area contributed by atoms with Gasteiger partial charge in [-0.25, -0.2) is 4.39 Å². The van der Waals surface area contributed by atoms with Gasteiger partial charge in [-0.15, -0.1) is 0 Å². The van der Waals surface area contributed by atoms with Crippen LogP contribution in [-0.4, -0.2) is 22.4 Å². The third kappa shape index (κ3) is 2.49. The molecule has 1 aromatic carbocycles. The predicted molar refractivity (Wildman–Crippen MR) is 102 cm³/mol. The molecule has 0 saturated heterocycles. The van der Waals surface area contributed by atoms with Crippen molar-refractivity contribution in [2.75, 3.05) is 6.54 Å². The van der Waals surface area contributed by atoms with Crippen LogP contribution in [0.5, 0.6) is 0 Å². The predicted octanol–water partition coefficient (Wildman–Crippen LogP) is 4.22. The Morgan fingerprint density at radius 2 is 1.93 bits per heavy atom. The Kier molecular flexibility index (Phi) is 3.47. The summed E-state index contributed by atoms with van der Waals surface area (Å²) < 4.78 is 15.3. The Bertz CT molecular complexity index is 1050. The zero-order valence-electron chi connectivity index (χ0n) is 15.1. The summed E-state index contributed by atoms with van der Waals surface area (Å²) in [5.74, 6) is -0.458. The number of carbonyl (C=O) groups is 1. The van der Waals surface area contributed by atoms with Crippen molar-refractivity contribution in [3.8, 4) is 22.5 Å². The van der Waals surface area contributed by atoms with Gasteiger partial charge in [-0.1, -0.05) is 31.2 Å². The zero-order valence-corrected chi connectivity index (χ0v) is 15.1. The van der Waals surface area contributed by atoms with Gasteiger partial charge in [-0.3, -0.25) is 9.78 Å². The van der Waals surface area contributed by atoms with E-state index >= 15 is 4.39 Å². The van der Waals surface area contributed by atoms with E-state index in [0.717, 1.165) is 30.5 Å². The monoisotopic (exact) mass is 361 g/mol. The molecule has 1 saturated carbocycles. The highest BCUT2D eigenvalue weighted by atomic mass is 19.1. The average Bonchev–Trinajstić information content (AvgIpc) is 3.33. The molecule has 1 amide bonds. The zero-order chi connectivity index (χ0) is 18.6. The maximum atomic E-state index is 15.3. The minimum Gasteiger partial charge on any atom is -0.357 e. The molecule has 0 radical (unpaired) electrons. The number of pyridine rings is 1. The summed E-state index contributed by atoms with van der Waals surface area (Å²) in [6, 6.07) is 11.2. The molecule has 3 aromatic rings. The second-order valence-corrected chi connectivity index (χ2v) is 7.51. The van der Waals surface area contributed by atoms with Crippen LogP contribution in [0.4, 0.5) is 4.39 Å². The van der Waals surface area contributed by atoms with E-state index in [4.69, 9.17) is 0 Å². The summed E-state index contributed by atoms with van der Waals surface area (Å²) >= 11 is 0. The number of rotatable bonds is 3. The van der Waals surface area contributed by atoms with Crippen LogP contribution in [0.25, 0.3) is 22.5 Å². The lowest BCUT2D eigenvalue weighted by Gasteiger charge is -2.21. The molecule has 136 valence electrons. The molecule has 5 rings (SSSR count). The first-order chi connectivity index (χ1) is 13.1. The number of halogens is 1. The highest BCUT2D eigenvalue weighted by Crippen LogP contribution is 2.50. The number of amides is 1. The number of nitrogens with one attached hydrogen (secondary N) is 2. The lowest BCUT2D eigenvalue weighted by Crippen LogP contribution is -2.38. The van der Waals surface area contributed by atoms with Gasteiger partial charge >= 0.3 is 0 Å². The van der Waals surface area contributed by atoms with Crippen LogP contribution >= 0.6 is 0 Å². The molecule has 1 fully saturated rings. The number of hydrogen-bond donors (Lipinski definition) is 2. The number of H-pyrrole nitrogens is 1. The Labute approximate surface area is 156 Å². The van der Waals surface area contributed by atoms with Crippen molar-refractivity contribution in [3.63, 3.8) is 0 Å². The van der Waals surface area contributed by atoms with E-state index in [1.165, 1.54) is 5.56 Å². The van der Waals surface area contributed by atoms with E-state index in [1.54, 1.807) is 18.3 Å². The van der Waals surface area contributed by atoms with Crippen molar-refractivity contribution in [1.82, 2.24) is 15.3 Å². The molecule has 3 heterocycles. The molecule has 2 N–H and O–H groups in total. The minimum atomic E-state index is -0.370. The van der Waals surface area contributed by atoms with Crippen molar-refractivity contribution in [2.24, 2.45) is 0 Å². The molecule has 4 nitrogen and oxygen atoms in total. The Morgan fingerprint density at radius 3 is 2.63 bits per heavy atom. The van der Waals surface area contributed by atoms with Gasteiger partial charge in [-0.05, 0) is 37.0 Å². The molecule has 1 aliphatic heterocycles. The van der Waals surface area contributed by atoms with Gasteiger partial charge in [0.05, 0.1) is 5.56 Å². The summed E-state index contributed by atoms with van der Waals surface area (Å²) in [5, 5.41) is 2.95. The highest BCUT2D eigenvalue weighted by Gasteiger charge is 2.50. The smallest absolute Gasteiger partial charge is 0.253 e. The molecule has 2 aromatic heterocycles. The molecule has 0 bridgehead atoms. The molecule has 0 atom stereocenters. The molecule has 2 aliphatic rings. The summed E-state index contributed by atoms with van der Waals surface area (Å²) in [6.07, 6.45) is 4.66. The van der Waals surface area contributed by atoms with E-state index in [2.05, 4.69) is 22.2 Å². The number of hydrogen-bond acceptors (Lipinski definition) is 2. The molecule has 5 heteroatoms. The number of aryl methyl sites for hydroxylation is 1. The number of aromatic amines is 1. The summed E-state index contributed by atoms with van der Waals surface area (Å²) in [7, 11) is 0. The quantitative estimate of drug-likeness (QED) is 0.734. The number of nitrogens with zero attached hydrogens (tertiary/aromatic N) is 1. The summed E-state index contributed by atoms with van der Waals surface area (Å²) in [6.45, 7) is 2.75. The van der Waals surface area contributed by atoms with Gasteiger partial charge in [0.25, 0.3) is 5.91 Å². The van der Waals surface area contributed by atoms with Crippen molar-refractivity contribution >= 4 is 5.91 Å². The first-order valence-corrected chi connectivity index (χ1v) is 9.37. The third-order valence-corrected chi connectivity index (χ3v) is 5.85. The number of aromatic nitrogens is 2. The fourth-order valence-electron chi connectivity index (χ4n) is 3.96. The lowest BCUT2D eigenvalue weighted by atomic mass is 9.95. The van der Waals surface area contributed by atoms with Gasteiger partial charge in [0.15, 0.2) is 5.82 Å². The SMILES string of the molecule is CCc1ccc(-c2nccc(-c3cc4c([nH]3)C3(CC3)CNC4=O)c2F)cc1. The van der Waals surface area contributed by atoms with E-state index in [0.29, 0.717) is 29.1 Å². The van der Waals surface area contributed by atoms with E-state index in [9.17, 15) is 4.79 Å². The highest BCUT2D eigenvalue weighted by molar-refractivity contribution is 5.99. The normalized spacial score (nSPS) is 16.9. The van der Waals surface area contributed by atoms with Crippen LogP contribution in [0, 0.1) is 5.82 Å². The van der Waals surface area contributed by atoms with Crippen molar-refractivity contribution in [3.05, 3.63) is 65.2 Å². The second kappa shape index (κ2) is 5.78. The largest absolute Gasteiger partial charge is 0.357 e.